The van der Waals surface area contributed by atoms with Crippen LogP contribution in [-0.2, 0) is 29.8 Å². The van der Waals surface area contributed by atoms with Crippen molar-refractivity contribution in [2.75, 3.05) is 19.8 Å². The van der Waals surface area contributed by atoms with E-state index in [-0.39, 0.29) is 12.2 Å². The molecule has 0 aliphatic carbocycles. The van der Waals surface area contributed by atoms with Gasteiger partial charge in [0, 0.05) is 30.2 Å². The van der Waals surface area contributed by atoms with Gasteiger partial charge in [0.15, 0.2) is 0 Å². The Kier molecular flexibility index (Phi) is 4.85. The Morgan fingerprint density at radius 1 is 1.52 bits per heavy atom. The molecule has 136 valence electrons. The Morgan fingerprint density at radius 2 is 2.40 bits per heavy atom. The van der Waals surface area contributed by atoms with Gasteiger partial charge < -0.3 is 9.84 Å². The van der Waals surface area contributed by atoms with Crippen LogP contribution < -0.4 is 0 Å². The number of aliphatic hydroxyl groups is 1. The Labute approximate surface area is 156 Å². The van der Waals surface area contributed by atoms with Gasteiger partial charge in [0.2, 0.25) is 0 Å². The van der Waals surface area contributed by atoms with E-state index in [4.69, 9.17) is 21.4 Å². The quantitative estimate of drug-likeness (QED) is 0.879. The van der Waals surface area contributed by atoms with Gasteiger partial charge in [-0.1, -0.05) is 16.8 Å². The molecular weight excluding hydrogens is 360 g/mol. The van der Waals surface area contributed by atoms with Crippen molar-refractivity contribution >= 4 is 22.9 Å². The largest absolute Gasteiger partial charge is 0.394 e. The van der Waals surface area contributed by atoms with Crippen molar-refractivity contribution in [1.82, 2.24) is 19.9 Å². The molecular formula is C17H23ClN4O2S. The van der Waals surface area contributed by atoms with Crippen LogP contribution in [0.25, 0.3) is 0 Å². The lowest BCUT2D eigenvalue weighted by Gasteiger charge is -2.46. The first kappa shape index (κ1) is 17.4. The van der Waals surface area contributed by atoms with Crippen LogP contribution in [0.4, 0.5) is 0 Å². The summed E-state index contributed by atoms with van der Waals surface area (Å²) in [7, 11) is 0. The molecule has 8 heteroatoms. The highest BCUT2D eigenvalue weighted by Gasteiger charge is 2.44. The van der Waals surface area contributed by atoms with Crippen molar-refractivity contribution in [2.45, 2.75) is 50.9 Å². The molecule has 2 aromatic heterocycles. The molecule has 6 nitrogen and oxygen atoms in total. The molecule has 1 fully saturated rings. The van der Waals surface area contributed by atoms with Gasteiger partial charge in [0.25, 0.3) is 0 Å². The third-order valence-electron chi connectivity index (χ3n) is 5.27. The van der Waals surface area contributed by atoms with E-state index >= 15 is 0 Å². The van der Waals surface area contributed by atoms with E-state index in [1.807, 2.05) is 6.20 Å². The number of nitrogens with zero attached hydrogens (tertiary/aromatic N) is 4. The minimum atomic E-state index is -0.171. The molecule has 2 atom stereocenters. The highest BCUT2D eigenvalue weighted by atomic mass is 35.5. The number of rotatable bonds is 4. The van der Waals surface area contributed by atoms with Crippen molar-refractivity contribution in [3.05, 3.63) is 32.7 Å². The number of hydrogen-bond donors (Lipinski definition) is 1. The fourth-order valence-electron chi connectivity index (χ4n) is 4.04. The zero-order valence-corrected chi connectivity index (χ0v) is 15.9. The molecule has 0 saturated carbocycles. The molecule has 2 aliphatic rings. The number of aromatic nitrogens is 3. The first-order valence-corrected chi connectivity index (χ1v) is 9.96. The van der Waals surface area contributed by atoms with Crippen LogP contribution in [0.15, 0.2) is 12.3 Å². The SMILES string of the molecule is C[C@H]1C[C@@]2(CCN1Cc1cn(CCO)nn1)OCCc1cc(Cl)sc12. The van der Waals surface area contributed by atoms with Gasteiger partial charge in [-0.2, -0.15) is 0 Å². The highest BCUT2D eigenvalue weighted by Crippen LogP contribution is 2.47. The molecule has 4 heterocycles. The van der Waals surface area contributed by atoms with E-state index in [0.717, 1.165) is 49.0 Å². The summed E-state index contributed by atoms with van der Waals surface area (Å²) in [6.07, 6.45) is 4.83. The Bertz CT molecular complexity index is 749. The summed E-state index contributed by atoms with van der Waals surface area (Å²) in [4.78, 5) is 3.77. The fourth-order valence-corrected chi connectivity index (χ4v) is 5.53. The predicted molar refractivity (Wildman–Crippen MR) is 96.9 cm³/mol. The predicted octanol–water partition coefficient (Wildman–Crippen LogP) is 2.44. The summed E-state index contributed by atoms with van der Waals surface area (Å²) in [6.45, 7) is 5.34. The van der Waals surface area contributed by atoms with Gasteiger partial charge in [-0.25, -0.2) is 4.68 Å². The molecule has 2 aliphatic heterocycles. The molecule has 0 amide bonds. The van der Waals surface area contributed by atoms with Crippen LogP contribution in [0.3, 0.4) is 0 Å². The number of aliphatic hydroxyl groups excluding tert-OH is 1. The highest BCUT2D eigenvalue weighted by molar-refractivity contribution is 7.16. The molecule has 4 rings (SSSR count). The van der Waals surface area contributed by atoms with Crippen molar-refractivity contribution in [3.63, 3.8) is 0 Å². The Hall–Kier alpha value is -0.990. The maximum absolute atomic E-state index is 8.99. The van der Waals surface area contributed by atoms with E-state index in [0.29, 0.717) is 12.6 Å². The van der Waals surface area contributed by atoms with Gasteiger partial charge in [-0.3, -0.25) is 4.90 Å². The second-order valence-corrected chi connectivity index (χ2v) is 8.65. The van der Waals surface area contributed by atoms with Gasteiger partial charge in [-0.05, 0) is 37.8 Å². The minimum absolute atomic E-state index is 0.0779. The van der Waals surface area contributed by atoms with Crippen LogP contribution in [0.5, 0.6) is 0 Å². The lowest BCUT2D eigenvalue weighted by Crippen LogP contribution is -2.50. The summed E-state index contributed by atoms with van der Waals surface area (Å²) in [5.41, 5.74) is 2.14. The molecule has 2 aromatic rings. The maximum atomic E-state index is 8.99. The summed E-state index contributed by atoms with van der Waals surface area (Å²) in [5.74, 6) is 0. The van der Waals surface area contributed by atoms with Gasteiger partial charge >= 0.3 is 0 Å². The molecule has 1 saturated heterocycles. The number of piperidine rings is 1. The van der Waals surface area contributed by atoms with Crippen molar-refractivity contribution in [1.29, 1.82) is 0 Å². The molecule has 0 bridgehead atoms. The average Bonchev–Trinajstić information content (AvgIpc) is 3.17. The average molecular weight is 383 g/mol. The zero-order valence-electron chi connectivity index (χ0n) is 14.3. The number of likely N-dealkylation sites (tertiary alicyclic amines) is 1. The Balaban J connectivity index is 1.47. The molecule has 0 aromatic carbocycles. The van der Waals surface area contributed by atoms with Crippen LogP contribution in [0, 0.1) is 0 Å². The lowest BCUT2D eigenvalue weighted by atomic mass is 9.82. The maximum Gasteiger partial charge on any atom is 0.105 e. The molecule has 1 N–H and O–H groups in total. The van der Waals surface area contributed by atoms with E-state index in [1.165, 1.54) is 10.4 Å². The summed E-state index contributed by atoms with van der Waals surface area (Å²) >= 11 is 7.96. The first-order valence-electron chi connectivity index (χ1n) is 8.76. The van der Waals surface area contributed by atoms with Crippen LogP contribution in [-0.4, -0.2) is 50.8 Å². The molecule has 0 radical (unpaired) electrons. The summed E-state index contributed by atoms with van der Waals surface area (Å²) in [5, 5.41) is 17.3. The minimum Gasteiger partial charge on any atom is -0.394 e. The smallest absolute Gasteiger partial charge is 0.105 e. The fraction of sp³-hybridized carbons (Fsp3) is 0.647. The van der Waals surface area contributed by atoms with Crippen LogP contribution in [0.1, 0.15) is 35.9 Å². The summed E-state index contributed by atoms with van der Waals surface area (Å²) < 4.78 is 8.87. The molecule has 1 spiro atoms. The number of halogens is 1. The molecule has 0 unspecified atom stereocenters. The third kappa shape index (κ3) is 3.36. The number of hydrogen-bond acceptors (Lipinski definition) is 6. The van der Waals surface area contributed by atoms with Crippen molar-refractivity contribution in [2.24, 2.45) is 0 Å². The summed E-state index contributed by atoms with van der Waals surface area (Å²) in [6, 6.07) is 2.51. The Morgan fingerprint density at radius 3 is 3.20 bits per heavy atom. The van der Waals surface area contributed by atoms with Crippen molar-refractivity contribution in [3.8, 4) is 0 Å². The molecule has 25 heavy (non-hydrogen) atoms. The van der Waals surface area contributed by atoms with Crippen LogP contribution in [0.2, 0.25) is 4.34 Å². The van der Waals surface area contributed by atoms with Crippen LogP contribution >= 0.6 is 22.9 Å². The lowest BCUT2D eigenvalue weighted by molar-refractivity contribution is -0.110. The topological polar surface area (TPSA) is 63.4 Å². The van der Waals surface area contributed by atoms with Crippen molar-refractivity contribution < 1.29 is 9.84 Å². The third-order valence-corrected chi connectivity index (χ3v) is 6.77. The first-order chi connectivity index (χ1) is 12.1. The number of ether oxygens (including phenoxy) is 1. The second kappa shape index (κ2) is 6.96. The second-order valence-electron chi connectivity index (χ2n) is 6.97. The zero-order chi connectivity index (χ0) is 17.4. The standard InChI is InChI=1S/C17H23ClN4O2S/c1-12-9-17(16-13(2-7-24-17)8-15(18)25-16)3-4-21(12)10-14-11-22(5-6-23)20-19-14/h8,11-12,23H,2-7,9-10H2,1H3/t12-,17+/m0/s1. The van der Waals surface area contributed by atoms with Gasteiger partial charge in [-0.15, -0.1) is 16.4 Å². The van der Waals surface area contributed by atoms with E-state index in [9.17, 15) is 0 Å². The normalized spacial score (nSPS) is 26.9. The van der Waals surface area contributed by atoms with E-state index in [1.54, 1.807) is 16.0 Å². The number of thiophene rings is 1. The van der Waals surface area contributed by atoms with E-state index < -0.39 is 0 Å². The monoisotopic (exact) mass is 382 g/mol. The van der Waals surface area contributed by atoms with Gasteiger partial charge in [0.05, 0.1) is 29.8 Å². The van der Waals surface area contributed by atoms with Gasteiger partial charge in [0.1, 0.15) is 5.60 Å². The number of fused-ring (bicyclic) bond motifs is 2. The van der Waals surface area contributed by atoms with E-state index in [2.05, 4.69) is 28.2 Å².